The molecule has 2 rings (SSSR count). The molecule has 1 N–H and O–H groups in total. The number of hydrogen-bond donors (Lipinski definition) is 1. The smallest absolute Gasteiger partial charge is 0.0547 e. The zero-order valence-corrected chi connectivity index (χ0v) is 10.3. The summed E-state index contributed by atoms with van der Waals surface area (Å²) in [5.41, 5.74) is 0.454. The summed E-state index contributed by atoms with van der Waals surface area (Å²) < 4.78 is 5.43. The molecule has 1 unspecified atom stereocenters. The normalized spacial score (nSPS) is 31.6. The molecule has 2 heterocycles. The molecule has 0 saturated carbocycles. The lowest BCUT2D eigenvalue weighted by atomic mass is 9.71. The van der Waals surface area contributed by atoms with E-state index in [0.29, 0.717) is 11.5 Å². The SMILES string of the molecule is CC(C)C1(CC2CN(C)CCN2)COC1. The molecule has 15 heavy (non-hydrogen) atoms. The van der Waals surface area contributed by atoms with Crippen molar-refractivity contribution < 1.29 is 4.74 Å². The van der Waals surface area contributed by atoms with Crippen molar-refractivity contribution in [3.8, 4) is 0 Å². The van der Waals surface area contributed by atoms with Gasteiger partial charge in [0.25, 0.3) is 0 Å². The second-order valence-corrected chi connectivity index (χ2v) is 5.63. The summed E-state index contributed by atoms with van der Waals surface area (Å²) in [5.74, 6) is 0.736. The van der Waals surface area contributed by atoms with Crippen LogP contribution < -0.4 is 5.32 Å². The molecule has 0 spiro atoms. The van der Waals surface area contributed by atoms with Gasteiger partial charge in [0.15, 0.2) is 0 Å². The molecule has 0 aromatic rings. The highest BCUT2D eigenvalue weighted by Gasteiger charge is 2.43. The van der Waals surface area contributed by atoms with Crippen LogP contribution in [0.25, 0.3) is 0 Å². The number of likely N-dealkylation sites (N-methyl/N-ethyl adjacent to an activating group) is 1. The van der Waals surface area contributed by atoms with Gasteiger partial charge >= 0.3 is 0 Å². The van der Waals surface area contributed by atoms with E-state index in [-0.39, 0.29) is 0 Å². The maximum atomic E-state index is 5.43. The van der Waals surface area contributed by atoms with Crippen molar-refractivity contribution in [2.75, 3.05) is 39.9 Å². The molecular weight excluding hydrogens is 188 g/mol. The van der Waals surface area contributed by atoms with Crippen LogP contribution in [-0.4, -0.2) is 50.8 Å². The second-order valence-electron chi connectivity index (χ2n) is 5.63. The van der Waals surface area contributed by atoms with Crippen molar-refractivity contribution in [1.29, 1.82) is 0 Å². The molecule has 0 aromatic carbocycles. The van der Waals surface area contributed by atoms with Crippen LogP contribution in [-0.2, 0) is 4.74 Å². The van der Waals surface area contributed by atoms with E-state index >= 15 is 0 Å². The maximum absolute atomic E-state index is 5.43. The van der Waals surface area contributed by atoms with Gasteiger partial charge in [-0.1, -0.05) is 13.8 Å². The van der Waals surface area contributed by atoms with Crippen LogP contribution in [0.4, 0.5) is 0 Å². The molecule has 2 aliphatic rings. The van der Waals surface area contributed by atoms with Crippen molar-refractivity contribution in [2.45, 2.75) is 26.3 Å². The molecule has 3 heteroatoms. The van der Waals surface area contributed by atoms with Crippen LogP contribution in [0, 0.1) is 11.3 Å². The summed E-state index contributed by atoms with van der Waals surface area (Å²) in [6.45, 7) is 10.1. The van der Waals surface area contributed by atoms with Crippen molar-refractivity contribution >= 4 is 0 Å². The Kier molecular flexibility index (Phi) is 3.33. The Morgan fingerprint density at radius 1 is 1.47 bits per heavy atom. The van der Waals surface area contributed by atoms with Crippen LogP contribution in [0.15, 0.2) is 0 Å². The maximum Gasteiger partial charge on any atom is 0.0547 e. The number of nitrogens with one attached hydrogen (secondary N) is 1. The van der Waals surface area contributed by atoms with Crippen LogP contribution in [0.2, 0.25) is 0 Å². The predicted molar refractivity (Wildman–Crippen MR) is 62.0 cm³/mol. The monoisotopic (exact) mass is 212 g/mol. The van der Waals surface area contributed by atoms with E-state index in [1.54, 1.807) is 0 Å². The van der Waals surface area contributed by atoms with Crippen molar-refractivity contribution in [3.63, 3.8) is 0 Å². The Morgan fingerprint density at radius 2 is 2.20 bits per heavy atom. The Morgan fingerprint density at radius 3 is 2.67 bits per heavy atom. The molecular formula is C12H24N2O. The first-order valence-corrected chi connectivity index (χ1v) is 6.12. The lowest BCUT2D eigenvalue weighted by molar-refractivity contribution is -0.148. The van der Waals surface area contributed by atoms with Gasteiger partial charge in [-0.05, 0) is 19.4 Å². The lowest BCUT2D eigenvalue weighted by Crippen LogP contribution is -2.56. The molecule has 0 aliphatic carbocycles. The van der Waals surface area contributed by atoms with Gasteiger partial charge in [-0.3, -0.25) is 0 Å². The first-order valence-electron chi connectivity index (χ1n) is 6.12. The standard InChI is InChI=1S/C12H24N2O/c1-10(2)12(8-15-9-12)6-11-7-14(3)5-4-13-11/h10-11,13H,4-9H2,1-3H3. The van der Waals surface area contributed by atoms with Crippen molar-refractivity contribution in [2.24, 2.45) is 11.3 Å². The van der Waals surface area contributed by atoms with E-state index in [1.165, 1.54) is 19.5 Å². The molecule has 0 bridgehead atoms. The van der Waals surface area contributed by atoms with E-state index in [9.17, 15) is 0 Å². The minimum atomic E-state index is 0.454. The largest absolute Gasteiger partial charge is 0.380 e. The predicted octanol–water partition coefficient (Wildman–Crippen LogP) is 0.953. The summed E-state index contributed by atoms with van der Waals surface area (Å²) >= 11 is 0. The van der Waals surface area contributed by atoms with Crippen LogP contribution >= 0.6 is 0 Å². The topological polar surface area (TPSA) is 24.5 Å². The van der Waals surface area contributed by atoms with Crippen molar-refractivity contribution in [1.82, 2.24) is 10.2 Å². The lowest BCUT2D eigenvalue weighted by Gasteiger charge is -2.48. The van der Waals surface area contributed by atoms with Gasteiger partial charge in [-0.2, -0.15) is 0 Å². The van der Waals surface area contributed by atoms with Gasteiger partial charge in [0.05, 0.1) is 13.2 Å². The first kappa shape index (κ1) is 11.4. The molecule has 0 radical (unpaired) electrons. The minimum absolute atomic E-state index is 0.454. The van der Waals surface area contributed by atoms with Gasteiger partial charge < -0.3 is 15.0 Å². The Bertz CT molecular complexity index is 214. The van der Waals surface area contributed by atoms with E-state index < -0.39 is 0 Å². The summed E-state index contributed by atoms with van der Waals surface area (Å²) in [7, 11) is 2.22. The van der Waals surface area contributed by atoms with E-state index in [0.717, 1.165) is 25.7 Å². The highest BCUT2D eigenvalue weighted by molar-refractivity contribution is 4.93. The summed E-state index contributed by atoms with van der Waals surface area (Å²) in [4.78, 5) is 2.43. The van der Waals surface area contributed by atoms with E-state index in [1.807, 2.05) is 0 Å². The molecule has 1 atom stereocenters. The van der Waals surface area contributed by atoms with Crippen LogP contribution in [0.3, 0.4) is 0 Å². The molecule has 88 valence electrons. The Hall–Kier alpha value is -0.120. The Balaban J connectivity index is 1.89. The highest BCUT2D eigenvalue weighted by Crippen LogP contribution is 2.40. The fraction of sp³-hybridized carbons (Fsp3) is 1.00. The molecule has 2 saturated heterocycles. The third-order valence-corrected chi connectivity index (χ3v) is 4.12. The third kappa shape index (κ3) is 2.35. The van der Waals surface area contributed by atoms with Gasteiger partial charge in [0.2, 0.25) is 0 Å². The highest BCUT2D eigenvalue weighted by atomic mass is 16.5. The van der Waals surface area contributed by atoms with Gasteiger partial charge in [0.1, 0.15) is 0 Å². The molecule has 0 amide bonds. The fourth-order valence-corrected chi connectivity index (χ4v) is 2.67. The van der Waals surface area contributed by atoms with Crippen LogP contribution in [0.5, 0.6) is 0 Å². The fourth-order valence-electron chi connectivity index (χ4n) is 2.67. The first-order chi connectivity index (χ1) is 7.12. The summed E-state index contributed by atoms with van der Waals surface area (Å²) in [6, 6.07) is 0.662. The zero-order chi connectivity index (χ0) is 10.9. The number of nitrogens with zero attached hydrogens (tertiary/aromatic N) is 1. The number of rotatable bonds is 3. The van der Waals surface area contributed by atoms with Gasteiger partial charge in [-0.15, -0.1) is 0 Å². The number of ether oxygens (including phenoxy) is 1. The third-order valence-electron chi connectivity index (χ3n) is 4.12. The summed E-state index contributed by atoms with van der Waals surface area (Å²) in [5, 5.41) is 3.63. The Labute approximate surface area is 93.2 Å². The molecule has 2 fully saturated rings. The van der Waals surface area contributed by atoms with E-state index in [2.05, 4.69) is 31.1 Å². The van der Waals surface area contributed by atoms with E-state index in [4.69, 9.17) is 4.74 Å². The van der Waals surface area contributed by atoms with Gasteiger partial charge in [0, 0.05) is 31.1 Å². The summed E-state index contributed by atoms with van der Waals surface area (Å²) in [6.07, 6.45) is 1.27. The average molecular weight is 212 g/mol. The zero-order valence-electron chi connectivity index (χ0n) is 10.3. The quantitative estimate of drug-likeness (QED) is 0.754. The van der Waals surface area contributed by atoms with Crippen LogP contribution in [0.1, 0.15) is 20.3 Å². The number of piperazine rings is 1. The number of hydrogen-bond acceptors (Lipinski definition) is 3. The second kappa shape index (κ2) is 4.40. The average Bonchev–Trinajstić information content (AvgIpc) is 2.11. The van der Waals surface area contributed by atoms with Gasteiger partial charge in [-0.25, -0.2) is 0 Å². The minimum Gasteiger partial charge on any atom is -0.380 e. The molecule has 0 aromatic heterocycles. The molecule has 2 aliphatic heterocycles. The van der Waals surface area contributed by atoms with Crippen molar-refractivity contribution in [3.05, 3.63) is 0 Å². The molecule has 3 nitrogen and oxygen atoms in total.